The first-order chi connectivity index (χ1) is 15.0. The molecule has 0 radical (unpaired) electrons. The first kappa shape index (κ1) is 21.2. The fraction of sp³-hybridized carbons (Fsp3) is 0.167. The maximum atomic E-state index is 13.5. The molecule has 1 aliphatic rings. The van der Waals surface area contributed by atoms with Crippen LogP contribution in [0.2, 0.25) is 0 Å². The van der Waals surface area contributed by atoms with E-state index >= 15 is 0 Å². The number of nitrogens with one attached hydrogen (secondary N) is 1. The molecule has 162 valence electrons. The number of benzene rings is 3. The lowest BCUT2D eigenvalue weighted by Gasteiger charge is -2.25. The molecule has 0 fully saturated rings. The Kier molecular flexibility index (Phi) is 5.46. The SMILES string of the molecule is Cc1ccc(NC(=O)C2CN(c3ccc(C)cc3)C(=O)c3cccc4nnn2c34)cc1.O. The van der Waals surface area contributed by atoms with E-state index in [2.05, 4.69) is 15.6 Å². The third-order valence-electron chi connectivity index (χ3n) is 5.59. The Morgan fingerprint density at radius 2 is 1.62 bits per heavy atom. The number of rotatable bonds is 3. The number of anilines is 2. The Balaban J connectivity index is 0.00000245. The average Bonchev–Trinajstić information content (AvgIpc) is 3.15. The number of hydrogen-bond acceptors (Lipinski definition) is 4. The van der Waals surface area contributed by atoms with Crippen LogP contribution in [0.3, 0.4) is 0 Å². The van der Waals surface area contributed by atoms with Crippen molar-refractivity contribution in [2.75, 3.05) is 16.8 Å². The second-order valence-corrected chi connectivity index (χ2v) is 7.83. The Morgan fingerprint density at radius 3 is 2.31 bits per heavy atom. The molecular formula is C24H23N5O3. The summed E-state index contributed by atoms with van der Waals surface area (Å²) in [7, 11) is 0. The van der Waals surface area contributed by atoms with Crippen LogP contribution in [0.5, 0.6) is 0 Å². The quantitative estimate of drug-likeness (QED) is 0.539. The van der Waals surface area contributed by atoms with Crippen LogP contribution in [0.4, 0.5) is 11.4 Å². The molecule has 8 nitrogen and oxygen atoms in total. The van der Waals surface area contributed by atoms with Gasteiger partial charge in [0.25, 0.3) is 11.8 Å². The highest BCUT2D eigenvalue weighted by Gasteiger charge is 2.35. The molecule has 8 heteroatoms. The van der Waals surface area contributed by atoms with E-state index in [1.54, 1.807) is 27.8 Å². The van der Waals surface area contributed by atoms with Crippen molar-refractivity contribution >= 4 is 34.2 Å². The van der Waals surface area contributed by atoms with Crippen LogP contribution in [0.25, 0.3) is 11.0 Å². The molecule has 3 aromatic carbocycles. The van der Waals surface area contributed by atoms with Gasteiger partial charge in [0.2, 0.25) is 0 Å². The van der Waals surface area contributed by atoms with Gasteiger partial charge >= 0.3 is 0 Å². The van der Waals surface area contributed by atoms with Crippen molar-refractivity contribution in [1.29, 1.82) is 0 Å². The molecule has 1 aromatic heterocycles. The third kappa shape index (κ3) is 3.61. The minimum atomic E-state index is -0.736. The number of hydrogen-bond donors (Lipinski definition) is 1. The molecule has 0 saturated heterocycles. The Labute approximate surface area is 184 Å². The van der Waals surface area contributed by atoms with Gasteiger partial charge in [0.1, 0.15) is 11.0 Å². The molecule has 0 saturated carbocycles. The van der Waals surface area contributed by atoms with E-state index in [-0.39, 0.29) is 23.8 Å². The summed E-state index contributed by atoms with van der Waals surface area (Å²) in [6.45, 7) is 4.13. The maximum Gasteiger partial charge on any atom is 0.260 e. The largest absolute Gasteiger partial charge is 0.412 e. The van der Waals surface area contributed by atoms with Crippen molar-refractivity contribution in [2.24, 2.45) is 0 Å². The van der Waals surface area contributed by atoms with E-state index < -0.39 is 6.04 Å². The van der Waals surface area contributed by atoms with Crippen LogP contribution < -0.4 is 10.2 Å². The van der Waals surface area contributed by atoms with E-state index in [1.165, 1.54) is 0 Å². The first-order valence-electron chi connectivity index (χ1n) is 10.1. The lowest BCUT2D eigenvalue weighted by atomic mass is 10.1. The molecule has 3 N–H and O–H groups in total. The highest BCUT2D eigenvalue weighted by atomic mass is 16.2. The lowest BCUT2D eigenvalue weighted by Crippen LogP contribution is -2.39. The molecule has 1 aliphatic heterocycles. The second kappa shape index (κ2) is 8.24. The molecule has 2 heterocycles. The fourth-order valence-corrected chi connectivity index (χ4v) is 3.87. The summed E-state index contributed by atoms with van der Waals surface area (Å²) in [6.07, 6.45) is 0. The molecule has 0 bridgehead atoms. The molecular weight excluding hydrogens is 406 g/mol. The number of aromatic nitrogens is 3. The molecule has 0 aliphatic carbocycles. The molecule has 2 amide bonds. The van der Waals surface area contributed by atoms with Gasteiger partial charge in [-0.25, -0.2) is 4.68 Å². The fourth-order valence-electron chi connectivity index (χ4n) is 3.87. The molecule has 4 aromatic rings. The van der Waals surface area contributed by atoms with E-state index in [9.17, 15) is 9.59 Å². The predicted molar refractivity (Wildman–Crippen MR) is 123 cm³/mol. The van der Waals surface area contributed by atoms with Crippen molar-refractivity contribution in [3.05, 3.63) is 83.4 Å². The number of carbonyl (C=O) groups is 2. The van der Waals surface area contributed by atoms with Crippen molar-refractivity contribution in [3.8, 4) is 0 Å². The molecule has 32 heavy (non-hydrogen) atoms. The van der Waals surface area contributed by atoms with Gasteiger partial charge in [0.15, 0.2) is 6.04 Å². The number of aryl methyl sites for hydroxylation is 2. The standard InChI is InChI=1S/C24H21N5O2.H2O/c1-15-6-10-17(11-7-15)25-23(30)21-14-28(18-12-8-16(2)9-13-18)24(31)19-4-3-5-20-22(19)29(21)27-26-20;/h3-13,21H,14H2,1-2H3,(H,25,30);1H2. The number of carbonyl (C=O) groups excluding carboxylic acids is 2. The lowest BCUT2D eigenvalue weighted by molar-refractivity contribution is -0.119. The van der Waals surface area contributed by atoms with Gasteiger partial charge in [-0.05, 0) is 50.2 Å². The zero-order valence-corrected chi connectivity index (χ0v) is 17.7. The van der Waals surface area contributed by atoms with Crippen LogP contribution in [0, 0.1) is 13.8 Å². The summed E-state index contributed by atoms with van der Waals surface area (Å²) in [5, 5.41) is 11.4. The minimum Gasteiger partial charge on any atom is -0.412 e. The number of nitrogens with zero attached hydrogens (tertiary/aromatic N) is 4. The highest BCUT2D eigenvalue weighted by Crippen LogP contribution is 2.30. The van der Waals surface area contributed by atoms with Crippen molar-refractivity contribution in [2.45, 2.75) is 19.9 Å². The smallest absolute Gasteiger partial charge is 0.260 e. The van der Waals surface area contributed by atoms with Crippen LogP contribution in [-0.4, -0.2) is 38.8 Å². The average molecular weight is 429 g/mol. The van der Waals surface area contributed by atoms with Gasteiger partial charge in [0, 0.05) is 11.4 Å². The monoisotopic (exact) mass is 429 g/mol. The number of para-hydroxylation sites is 1. The zero-order chi connectivity index (χ0) is 21.5. The van der Waals surface area contributed by atoms with Crippen LogP contribution >= 0.6 is 0 Å². The maximum absolute atomic E-state index is 13.5. The molecule has 0 spiro atoms. The first-order valence-corrected chi connectivity index (χ1v) is 10.1. The summed E-state index contributed by atoms with van der Waals surface area (Å²) in [5.41, 5.74) is 5.27. The summed E-state index contributed by atoms with van der Waals surface area (Å²) >= 11 is 0. The van der Waals surface area contributed by atoms with Crippen molar-refractivity contribution in [1.82, 2.24) is 15.0 Å². The molecule has 5 rings (SSSR count). The highest BCUT2D eigenvalue weighted by molar-refractivity contribution is 6.14. The predicted octanol–water partition coefficient (Wildman–Crippen LogP) is 3.06. The Bertz CT molecular complexity index is 1300. The molecule has 1 atom stereocenters. The van der Waals surface area contributed by atoms with Crippen LogP contribution in [-0.2, 0) is 4.79 Å². The summed E-state index contributed by atoms with van der Waals surface area (Å²) in [6, 6.07) is 19.9. The molecule has 1 unspecified atom stereocenters. The summed E-state index contributed by atoms with van der Waals surface area (Å²) in [4.78, 5) is 28.5. The minimum absolute atomic E-state index is 0. The van der Waals surface area contributed by atoms with Crippen LogP contribution in [0.1, 0.15) is 27.5 Å². The summed E-state index contributed by atoms with van der Waals surface area (Å²) in [5.74, 6) is -0.430. The van der Waals surface area contributed by atoms with Crippen molar-refractivity contribution < 1.29 is 15.1 Å². The second-order valence-electron chi connectivity index (χ2n) is 7.83. The van der Waals surface area contributed by atoms with Gasteiger partial charge in [-0.2, -0.15) is 0 Å². The van der Waals surface area contributed by atoms with E-state index in [0.717, 1.165) is 16.8 Å². The van der Waals surface area contributed by atoms with Gasteiger partial charge in [-0.3, -0.25) is 9.59 Å². The third-order valence-corrected chi connectivity index (χ3v) is 5.59. The van der Waals surface area contributed by atoms with Gasteiger partial charge in [0.05, 0.1) is 12.1 Å². The topological polar surface area (TPSA) is 112 Å². The van der Waals surface area contributed by atoms with Crippen LogP contribution in [0.15, 0.2) is 66.7 Å². The summed E-state index contributed by atoms with van der Waals surface area (Å²) < 4.78 is 1.57. The Hall–Kier alpha value is -4.04. The zero-order valence-electron chi connectivity index (χ0n) is 17.7. The van der Waals surface area contributed by atoms with E-state index in [4.69, 9.17) is 0 Å². The number of amides is 2. The van der Waals surface area contributed by atoms with Gasteiger partial charge in [-0.1, -0.05) is 46.7 Å². The normalized spacial score (nSPS) is 15.2. The van der Waals surface area contributed by atoms with Gasteiger partial charge in [-0.15, -0.1) is 5.10 Å². The van der Waals surface area contributed by atoms with Gasteiger partial charge < -0.3 is 15.7 Å². The van der Waals surface area contributed by atoms with Crippen molar-refractivity contribution in [3.63, 3.8) is 0 Å². The van der Waals surface area contributed by atoms with E-state index in [0.29, 0.717) is 22.3 Å². The van der Waals surface area contributed by atoms with E-state index in [1.807, 2.05) is 62.4 Å². The Morgan fingerprint density at radius 1 is 0.969 bits per heavy atom.